The van der Waals surface area contributed by atoms with E-state index in [1.807, 2.05) is 6.07 Å². The maximum atomic E-state index is 5.94. The average molecular weight is 250 g/mol. The van der Waals surface area contributed by atoms with Crippen LogP contribution in [0, 0.1) is 5.92 Å². The van der Waals surface area contributed by atoms with Crippen molar-refractivity contribution in [1.82, 2.24) is 0 Å². The first-order valence-electron chi connectivity index (χ1n) is 6.37. The molecule has 0 spiro atoms. The van der Waals surface area contributed by atoms with Crippen molar-refractivity contribution < 1.29 is 0 Å². The zero-order chi connectivity index (χ0) is 12.3. The molecule has 4 N–H and O–H groups in total. The van der Waals surface area contributed by atoms with E-state index in [0.717, 1.165) is 11.6 Å². The molecule has 0 amide bonds. The van der Waals surface area contributed by atoms with Gasteiger partial charge in [-0.3, -0.25) is 0 Å². The maximum absolute atomic E-state index is 5.94. The highest BCUT2D eigenvalue weighted by atomic mass is 32.2. The Morgan fingerprint density at radius 3 is 2.59 bits per heavy atom. The summed E-state index contributed by atoms with van der Waals surface area (Å²) in [6.07, 6.45) is 8.19. The minimum absolute atomic E-state index is 0.444. The van der Waals surface area contributed by atoms with Crippen molar-refractivity contribution in [2.75, 3.05) is 12.0 Å². The molecular formula is C14H22N2S. The van der Waals surface area contributed by atoms with Crippen LogP contribution in [0.4, 0.5) is 5.69 Å². The molecule has 1 aliphatic carbocycles. The standard InChI is InChI=1S/C14H22N2S/c1-17-14-9-11(4-7-13(14)16)8-10-2-5-12(15)6-3-10/h4,7,9-10,12H,2-3,5-6,8,15-16H2,1H3. The van der Waals surface area contributed by atoms with Gasteiger partial charge in [-0.15, -0.1) is 11.8 Å². The van der Waals surface area contributed by atoms with Gasteiger partial charge < -0.3 is 11.5 Å². The number of nitrogen functional groups attached to an aromatic ring is 1. The lowest BCUT2D eigenvalue weighted by molar-refractivity contribution is 0.325. The molecule has 0 saturated heterocycles. The minimum Gasteiger partial charge on any atom is -0.398 e. The summed E-state index contributed by atoms with van der Waals surface area (Å²) in [5.74, 6) is 0.813. The van der Waals surface area contributed by atoms with Crippen LogP contribution < -0.4 is 11.5 Å². The van der Waals surface area contributed by atoms with Crippen LogP contribution in [0.25, 0.3) is 0 Å². The van der Waals surface area contributed by atoms with Crippen molar-refractivity contribution in [2.45, 2.75) is 43.0 Å². The predicted molar refractivity (Wildman–Crippen MR) is 76.3 cm³/mol. The molecule has 0 aliphatic heterocycles. The van der Waals surface area contributed by atoms with Crippen LogP contribution in [0.1, 0.15) is 31.2 Å². The van der Waals surface area contributed by atoms with E-state index >= 15 is 0 Å². The third-order valence-corrected chi connectivity index (χ3v) is 4.51. The average Bonchev–Trinajstić information content (AvgIpc) is 2.34. The van der Waals surface area contributed by atoms with E-state index in [1.165, 1.54) is 42.6 Å². The molecule has 2 nitrogen and oxygen atoms in total. The van der Waals surface area contributed by atoms with Crippen LogP contribution >= 0.6 is 11.8 Å². The number of hydrogen-bond acceptors (Lipinski definition) is 3. The largest absolute Gasteiger partial charge is 0.398 e. The number of hydrogen-bond donors (Lipinski definition) is 2. The summed E-state index contributed by atoms with van der Waals surface area (Å²) in [6, 6.07) is 6.90. The summed E-state index contributed by atoms with van der Waals surface area (Å²) in [5.41, 5.74) is 14.2. The van der Waals surface area contributed by atoms with Gasteiger partial charge in [0.2, 0.25) is 0 Å². The van der Waals surface area contributed by atoms with E-state index in [2.05, 4.69) is 18.4 Å². The molecule has 1 saturated carbocycles. The highest BCUT2D eigenvalue weighted by molar-refractivity contribution is 7.98. The lowest BCUT2D eigenvalue weighted by atomic mass is 9.83. The topological polar surface area (TPSA) is 52.0 Å². The van der Waals surface area contributed by atoms with Crippen LogP contribution in [-0.2, 0) is 6.42 Å². The van der Waals surface area contributed by atoms with Gasteiger partial charge in [0.25, 0.3) is 0 Å². The summed E-state index contributed by atoms with van der Waals surface area (Å²) in [4.78, 5) is 1.20. The van der Waals surface area contributed by atoms with Gasteiger partial charge in [0.1, 0.15) is 0 Å². The Morgan fingerprint density at radius 1 is 1.24 bits per heavy atom. The molecule has 0 unspecified atom stereocenters. The van der Waals surface area contributed by atoms with Crippen molar-refractivity contribution in [3.63, 3.8) is 0 Å². The fourth-order valence-electron chi connectivity index (χ4n) is 2.61. The van der Waals surface area contributed by atoms with Gasteiger partial charge in [-0.25, -0.2) is 0 Å². The zero-order valence-corrected chi connectivity index (χ0v) is 11.3. The highest BCUT2D eigenvalue weighted by Crippen LogP contribution is 2.29. The molecule has 1 aromatic rings. The Hall–Kier alpha value is -0.670. The second-order valence-electron chi connectivity index (χ2n) is 5.06. The van der Waals surface area contributed by atoms with E-state index in [0.29, 0.717) is 6.04 Å². The number of anilines is 1. The summed E-state index contributed by atoms with van der Waals surface area (Å²) in [5, 5.41) is 0. The van der Waals surface area contributed by atoms with Crippen LogP contribution in [-0.4, -0.2) is 12.3 Å². The second kappa shape index (κ2) is 5.78. The first kappa shape index (κ1) is 12.8. The summed E-state index contributed by atoms with van der Waals surface area (Å²) in [7, 11) is 0. The van der Waals surface area contributed by atoms with Crippen molar-refractivity contribution in [3.8, 4) is 0 Å². The number of rotatable bonds is 3. The highest BCUT2D eigenvalue weighted by Gasteiger charge is 2.18. The zero-order valence-electron chi connectivity index (χ0n) is 10.5. The molecule has 1 fully saturated rings. The first-order valence-corrected chi connectivity index (χ1v) is 7.59. The number of benzene rings is 1. The summed E-state index contributed by atoms with van der Waals surface area (Å²) >= 11 is 1.73. The molecule has 0 radical (unpaired) electrons. The maximum Gasteiger partial charge on any atom is 0.0452 e. The van der Waals surface area contributed by atoms with Crippen molar-refractivity contribution >= 4 is 17.4 Å². The van der Waals surface area contributed by atoms with Crippen LogP contribution in [0.3, 0.4) is 0 Å². The Labute approximate surface area is 108 Å². The molecule has 2 rings (SSSR count). The van der Waals surface area contributed by atoms with Gasteiger partial charge in [0, 0.05) is 16.6 Å². The van der Waals surface area contributed by atoms with Crippen molar-refractivity contribution in [2.24, 2.45) is 11.7 Å². The van der Waals surface area contributed by atoms with E-state index in [1.54, 1.807) is 11.8 Å². The summed E-state index contributed by atoms with van der Waals surface area (Å²) < 4.78 is 0. The number of nitrogens with two attached hydrogens (primary N) is 2. The first-order chi connectivity index (χ1) is 8.19. The van der Waals surface area contributed by atoms with Crippen LogP contribution in [0.5, 0.6) is 0 Å². The fourth-order valence-corrected chi connectivity index (χ4v) is 3.18. The van der Waals surface area contributed by atoms with Gasteiger partial charge in [0.15, 0.2) is 0 Å². The molecule has 3 heteroatoms. The smallest absolute Gasteiger partial charge is 0.0452 e. The van der Waals surface area contributed by atoms with Gasteiger partial charge in [-0.1, -0.05) is 6.07 Å². The lowest BCUT2D eigenvalue weighted by Gasteiger charge is -2.26. The molecule has 0 bridgehead atoms. The molecule has 0 atom stereocenters. The van der Waals surface area contributed by atoms with Gasteiger partial charge >= 0.3 is 0 Å². The molecule has 0 aromatic heterocycles. The van der Waals surface area contributed by atoms with E-state index < -0.39 is 0 Å². The second-order valence-corrected chi connectivity index (χ2v) is 5.91. The minimum atomic E-state index is 0.444. The molecular weight excluding hydrogens is 228 g/mol. The van der Waals surface area contributed by atoms with E-state index in [-0.39, 0.29) is 0 Å². The molecule has 1 aliphatic rings. The van der Waals surface area contributed by atoms with Crippen molar-refractivity contribution in [1.29, 1.82) is 0 Å². The fraction of sp³-hybridized carbons (Fsp3) is 0.571. The van der Waals surface area contributed by atoms with Crippen molar-refractivity contribution in [3.05, 3.63) is 23.8 Å². The lowest BCUT2D eigenvalue weighted by Crippen LogP contribution is -2.27. The van der Waals surface area contributed by atoms with Gasteiger partial charge in [-0.2, -0.15) is 0 Å². The molecule has 0 heterocycles. The van der Waals surface area contributed by atoms with E-state index in [4.69, 9.17) is 11.5 Å². The Bertz CT molecular complexity index is 370. The van der Waals surface area contributed by atoms with Crippen LogP contribution in [0.2, 0.25) is 0 Å². The monoisotopic (exact) mass is 250 g/mol. The summed E-state index contributed by atoms with van der Waals surface area (Å²) in [6.45, 7) is 0. The van der Waals surface area contributed by atoms with Gasteiger partial charge in [0.05, 0.1) is 0 Å². The predicted octanol–water partition coefficient (Wildman–Crippen LogP) is 3.05. The van der Waals surface area contributed by atoms with E-state index in [9.17, 15) is 0 Å². The Balaban J connectivity index is 1.99. The van der Waals surface area contributed by atoms with Crippen LogP contribution in [0.15, 0.2) is 23.1 Å². The molecule has 1 aromatic carbocycles. The Kier molecular flexibility index (Phi) is 4.35. The third kappa shape index (κ3) is 3.39. The molecule has 94 valence electrons. The molecule has 17 heavy (non-hydrogen) atoms. The van der Waals surface area contributed by atoms with Gasteiger partial charge in [-0.05, 0) is 62.0 Å². The number of thioether (sulfide) groups is 1. The SMILES string of the molecule is CSc1cc(CC2CCC(N)CC2)ccc1N. The quantitative estimate of drug-likeness (QED) is 0.640. The Morgan fingerprint density at radius 2 is 1.94 bits per heavy atom. The third-order valence-electron chi connectivity index (χ3n) is 3.71. The normalized spacial score (nSPS) is 24.8.